The topological polar surface area (TPSA) is 50.7 Å². The van der Waals surface area contributed by atoms with Crippen molar-refractivity contribution in [2.75, 3.05) is 0 Å². The monoisotopic (exact) mass is 273 g/mol. The van der Waals surface area contributed by atoms with Crippen LogP contribution in [0.5, 0.6) is 0 Å². The van der Waals surface area contributed by atoms with Gasteiger partial charge in [-0.15, -0.1) is 11.3 Å². The van der Waals surface area contributed by atoms with E-state index in [9.17, 15) is 4.79 Å². The molecule has 0 radical (unpaired) electrons. The van der Waals surface area contributed by atoms with E-state index in [1.807, 2.05) is 12.1 Å². The third kappa shape index (κ3) is 1.80. The van der Waals surface area contributed by atoms with Crippen molar-refractivity contribution in [2.24, 2.45) is 0 Å². The Morgan fingerprint density at radius 3 is 2.93 bits per heavy atom. The van der Waals surface area contributed by atoms with Crippen LogP contribution in [0.15, 0.2) is 20.7 Å². The number of halogens is 1. The number of nitrogens with one attached hydrogen (secondary N) is 1. The lowest BCUT2D eigenvalue weighted by Crippen LogP contribution is -2.17. The molecule has 0 aliphatic carbocycles. The smallest absolute Gasteiger partial charge is 0.274 e. The van der Waals surface area contributed by atoms with Crippen LogP contribution < -0.4 is 5.69 Å². The maximum Gasteiger partial charge on any atom is 0.343 e. The Kier molecular flexibility index (Phi) is 2.56. The van der Waals surface area contributed by atoms with E-state index >= 15 is 0 Å². The van der Waals surface area contributed by atoms with E-state index in [2.05, 4.69) is 26.1 Å². The molecular weight excluding hydrogens is 266 g/mol. The molecule has 2 aromatic rings. The Hall–Kier alpha value is -0.880. The maximum atomic E-state index is 11.3. The summed E-state index contributed by atoms with van der Waals surface area (Å²) in [6.07, 6.45) is 0. The zero-order valence-corrected chi connectivity index (χ0v) is 9.85. The number of hydrogen-bond donors (Lipinski definition) is 1. The molecular formula is C8H8BrN3OS. The van der Waals surface area contributed by atoms with E-state index in [-0.39, 0.29) is 5.69 Å². The zero-order valence-electron chi connectivity index (χ0n) is 7.45. The summed E-state index contributed by atoms with van der Waals surface area (Å²) in [5.41, 5.74) is -0.160. The van der Waals surface area contributed by atoms with Gasteiger partial charge < -0.3 is 0 Å². The maximum absolute atomic E-state index is 11.3. The Morgan fingerprint density at radius 1 is 1.64 bits per heavy atom. The highest BCUT2D eigenvalue weighted by atomic mass is 79.9. The molecule has 0 saturated heterocycles. The van der Waals surface area contributed by atoms with Crippen LogP contribution in [0, 0.1) is 6.92 Å². The van der Waals surface area contributed by atoms with Crippen molar-refractivity contribution in [3.8, 4) is 0 Å². The van der Waals surface area contributed by atoms with Gasteiger partial charge in [-0.1, -0.05) is 0 Å². The minimum Gasteiger partial charge on any atom is -0.274 e. The standard InChI is InChI=1S/C8H8BrN3OS/c1-5-10-11-8(13)12(5)4-6-2-3-7(9)14-6/h2-3H,4H2,1H3,(H,11,13). The number of thiophene rings is 1. The van der Waals surface area contributed by atoms with Gasteiger partial charge in [0, 0.05) is 4.88 Å². The van der Waals surface area contributed by atoms with Gasteiger partial charge in [0.1, 0.15) is 5.82 Å². The molecule has 0 aromatic carbocycles. The number of rotatable bonds is 2. The van der Waals surface area contributed by atoms with Gasteiger partial charge in [-0.05, 0) is 35.0 Å². The molecule has 0 atom stereocenters. The van der Waals surface area contributed by atoms with E-state index < -0.39 is 0 Å². The van der Waals surface area contributed by atoms with Crippen LogP contribution in [0.2, 0.25) is 0 Å². The highest BCUT2D eigenvalue weighted by Gasteiger charge is 2.05. The number of aryl methyl sites for hydroxylation is 1. The molecule has 2 aromatic heterocycles. The molecule has 0 unspecified atom stereocenters. The first kappa shape index (κ1) is 9.67. The Morgan fingerprint density at radius 2 is 2.43 bits per heavy atom. The second-order valence-electron chi connectivity index (χ2n) is 2.87. The van der Waals surface area contributed by atoms with Crippen LogP contribution in [0.25, 0.3) is 0 Å². The predicted molar refractivity (Wildman–Crippen MR) is 58.7 cm³/mol. The largest absolute Gasteiger partial charge is 0.343 e. The summed E-state index contributed by atoms with van der Waals surface area (Å²) in [6, 6.07) is 3.97. The first-order valence-corrected chi connectivity index (χ1v) is 5.64. The SMILES string of the molecule is Cc1n[nH]c(=O)n1Cc1ccc(Br)s1. The van der Waals surface area contributed by atoms with E-state index in [0.29, 0.717) is 12.4 Å². The number of H-pyrrole nitrogens is 1. The second kappa shape index (κ2) is 3.70. The Labute approximate surface area is 92.7 Å². The van der Waals surface area contributed by atoms with Crippen LogP contribution in [-0.2, 0) is 6.54 Å². The highest BCUT2D eigenvalue weighted by Crippen LogP contribution is 2.22. The lowest BCUT2D eigenvalue weighted by molar-refractivity contribution is 0.743. The average Bonchev–Trinajstić information content (AvgIpc) is 2.67. The molecule has 1 N–H and O–H groups in total. The van der Waals surface area contributed by atoms with Crippen LogP contribution in [0.1, 0.15) is 10.7 Å². The van der Waals surface area contributed by atoms with Crippen molar-refractivity contribution in [3.05, 3.63) is 37.1 Å². The van der Waals surface area contributed by atoms with E-state index in [1.54, 1.807) is 22.8 Å². The highest BCUT2D eigenvalue weighted by molar-refractivity contribution is 9.11. The molecule has 6 heteroatoms. The molecule has 2 rings (SSSR count). The molecule has 74 valence electrons. The lowest BCUT2D eigenvalue weighted by Gasteiger charge is -1.98. The number of aromatic nitrogens is 3. The van der Waals surface area contributed by atoms with Gasteiger partial charge in [-0.25, -0.2) is 9.89 Å². The molecule has 0 aliphatic rings. The fourth-order valence-electron chi connectivity index (χ4n) is 1.18. The summed E-state index contributed by atoms with van der Waals surface area (Å²) in [5, 5.41) is 6.25. The first-order chi connectivity index (χ1) is 6.66. The lowest BCUT2D eigenvalue weighted by atomic mass is 10.4. The summed E-state index contributed by atoms with van der Waals surface area (Å²) in [7, 11) is 0. The molecule has 0 saturated carbocycles. The minimum absolute atomic E-state index is 0.160. The van der Waals surface area contributed by atoms with Gasteiger partial charge in [0.2, 0.25) is 0 Å². The van der Waals surface area contributed by atoms with Crippen molar-refractivity contribution in [2.45, 2.75) is 13.5 Å². The van der Waals surface area contributed by atoms with Gasteiger partial charge in [-0.3, -0.25) is 4.57 Å². The Balaban J connectivity index is 2.31. The second-order valence-corrected chi connectivity index (χ2v) is 5.42. The van der Waals surface area contributed by atoms with E-state index in [1.165, 1.54) is 0 Å². The third-order valence-electron chi connectivity index (χ3n) is 1.89. The first-order valence-electron chi connectivity index (χ1n) is 4.03. The van der Waals surface area contributed by atoms with Gasteiger partial charge in [-0.2, -0.15) is 5.10 Å². The third-order valence-corrected chi connectivity index (χ3v) is 3.50. The van der Waals surface area contributed by atoms with Gasteiger partial charge >= 0.3 is 5.69 Å². The van der Waals surface area contributed by atoms with Gasteiger partial charge in [0.15, 0.2) is 0 Å². The van der Waals surface area contributed by atoms with Crippen LogP contribution in [0.3, 0.4) is 0 Å². The van der Waals surface area contributed by atoms with Crippen molar-refractivity contribution < 1.29 is 0 Å². The Bertz CT molecular complexity index is 499. The minimum atomic E-state index is -0.160. The van der Waals surface area contributed by atoms with Gasteiger partial charge in [0.25, 0.3) is 0 Å². The van der Waals surface area contributed by atoms with Crippen LogP contribution >= 0.6 is 27.3 Å². The van der Waals surface area contributed by atoms with Crippen molar-refractivity contribution in [3.63, 3.8) is 0 Å². The summed E-state index contributed by atoms with van der Waals surface area (Å²) in [5.74, 6) is 0.708. The molecule has 0 aliphatic heterocycles. The van der Waals surface area contributed by atoms with Crippen molar-refractivity contribution in [1.82, 2.24) is 14.8 Å². The zero-order chi connectivity index (χ0) is 10.1. The average molecular weight is 274 g/mol. The fraction of sp³-hybridized carbons (Fsp3) is 0.250. The molecule has 14 heavy (non-hydrogen) atoms. The van der Waals surface area contributed by atoms with Gasteiger partial charge in [0.05, 0.1) is 10.3 Å². The predicted octanol–water partition coefficient (Wildman–Crippen LogP) is 1.75. The van der Waals surface area contributed by atoms with Crippen molar-refractivity contribution >= 4 is 27.3 Å². The number of hydrogen-bond acceptors (Lipinski definition) is 3. The summed E-state index contributed by atoms with van der Waals surface area (Å²) >= 11 is 5.00. The molecule has 4 nitrogen and oxygen atoms in total. The fourth-order valence-corrected chi connectivity index (χ4v) is 2.65. The molecule has 0 spiro atoms. The number of nitrogens with zero attached hydrogens (tertiary/aromatic N) is 2. The molecule has 0 fully saturated rings. The van der Waals surface area contributed by atoms with Crippen LogP contribution in [-0.4, -0.2) is 14.8 Å². The molecule has 0 amide bonds. The number of aromatic amines is 1. The van der Waals surface area contributed by atoms with E-state index in [0.717, 1.165) is 8.66 Å². The quantitative estimate of drug-likeness (QED) is 0.907. The summed E-state index contributed by atoms with van der Waals surface area (Å²) in [6.45, 7) is 2.39. The summed E-state index contributed by atoms with van der Waals surface area (Å²) in [4.78, 5) is 12.4. The molecule has 0 bridgehead atoms. The van der Waals surface area contributed by atoms with Crippen molar-refractivity contribution in [1.29, 1.82) is 0 Å². The molecule has 2 heterocycles. The normalized spacial score (nSPS) is 10.7. The van der Waals surface area contributed by atoms with Crippen LogP contribution in [0.4, 0.5) is 0 Å². The summed E-state index contributed by atoms with van der Waals surface area (Å²) < 4.78 is 2.68. The van der Waals surface area contributed by atoms with E-state index in [4.69, 9.17) is 0 Å².